The summed E-state index contributed by atoms with van der Waals surface area (Å²) in [5, 5.41) is 2.69. The van der Waals surface area contributed by atoms with E-state index in [0.717, 1.165) is 24.5 Å². The third-order valence-corrected chi connectivity index (χ3v) is 2.76. The molecule has 1 aromatic rings. The van der Waals surface area contributed by atoms with Crippen molar-refractivity contribution in [2.45, 2.75) is 31.4 Å². The molecular weight excluding hydrogens is 172 g/mol. The van der Waals surface area contributed by atoms with E-state index in [9.17, 15) is 0 Å². The van der Waals surface area contributed by atoms with Gasteiger partial charge in [-0.15, -0.1) is 0 Å². The Morgan fingerprint density at radius 1 is 1.58 bits per heavy atom. The van der Waals surface area contributed by atoms with Crippen LogP contribution in [0.2, 0.25) is 0 Å². The topological polar surface area (TPSA) is 48.1 Å². The number of nitrogens with two attached hydrogens (primary N) is 1. The first kappa shape index (κ1) is 8.01. The number of aromatic nitrogens is 1. The fraction of sp³-hybridized carbons (Fsp3) is 0.625. The number of hydrogen-bond acceptors (Lipinski definition) is 4. The summed E-state index contributed by atoms with van der Waals surface area (Å²) in [6.07, 6.45) is 5.18. The largest absolute Gasteiger partial charge is 0.467 e. The molecule has 2 N–H and O–H groups in total. The predicted molar refractivity (Wildman–Crippen MR) is 48.4 cm³/mol. The van der Waals surface area contributed by atoms with Crippen molar-refractivity contribution in [2.24, 2.45) is 5.73 Å². The van der Waals surface area contributed by atoms with Crippen LogP contribution in [0.15, 0.2) is 11.6 Å². The quantitative estimate of drug-likeness (QED) is 0.755. The average Bonchev–Trinajstić information content (AvgIpc) is 2.63. The SMILES string of the molecule is NC1CCC(Oc2nccs2)C1. The Hall–Kier alpha value is -0.610. The lowest BCUT2D eigenvalue weighted by Crippen LogP contribution is -2.18. The normalized spacial score (nSPS) is 29.1. The molecule has 0 aliphatic heterocycles. The first-order chi connectivity index (χ1) is 5.84. The lowest BCUT2D eigenvalue weighted by atomic mass is 10.3. The Morgan fingerprint density at radius 3 is 3.08 bits per heavy atom. The molecule has 66 valence electrons. The molecule has 12 heavy (non-hydrogen) atoms. The highest BCUT2D eigenvalue weighted by Crippen LogP contribution is 2.24. The second-order valence-electron chi connectivity index (χ2n) is 3.11. The van der Waals surface area contributed by atoms with E-state index in [2.05, 4.69) is 4.98 Å². The summed E-state index contributed by atoms with van der Waals surface area (Å²) in [7, 11) is 0. The molecule has 1 heterocycles. The molecule has 2 rings (SSSR count). The van der Waals surface area contributed by atoms with Crippen LogP contribution in [0.3, 0.4) is 0 Å². The van der Waals surface area contributed by atoms with Gasteiger partial charge in [0.25, 0.3) is 5.19 Å². The molecule has 4 heteroatoms. The van der Waals surface area contributed by atoms with Crippen LogP contribution in [-0.4, -0.2) is 17.1 Å². The molecular formula is C8H12N2OS. The molecule has 1 aliphatic carbocycles. The summed E-state index contributed by atoms with van der Waals surface area (Å²) in [6.45, 7) is 0. The van der Waals surface area contributed by atoms with Crippen LogP contribution in [-0.2, 0) is 0 Å². The van der Waals surface area contributed by atoms with Gasteiger partial charge in [-0.1, -0.05) is 11.3 Å². The maximum Gasteiger partial charge on any atom is 0.273 e. The molecule has 1 saturated carbocycles. The van der Waals surface area contributed by atoms with Gasteiger partial charge in [0.15, 0.2) is 0 Å². The van der Waals surface area contributed by atoms with Crippen molar-refractivity contribution in [1.29, 1.82) is 0 Å². The molecule has 1 fully saturated rings. The lowest BCUT2D eigenvalue weighted by Gasteiger charge is -2.09. The standard InChI is InChI=1S/C8H12N2OS/c9-6-1-2-7(5-6)11-8-10-3-4-12-8/h3-4,6-7H,1-2,5,9H2. The van der Waals surface area contributed by atoms with E-state index < -0.39 is 0 Å². The van der Waals surface area contributed by atoms with E-state index in [4.69, 9.17) is 10.5 Å². The Bertz CT molecular complexity index is 237. The highest BCUT2D eigenvalue weighted by atomic mass is 32.1. The van der Waals surface area contributed by atoms with E-state index in [0.29, 0.717) is 12.1 Å². The molecule has 0 spiro atoms. The Kier molecular flexibility index (Phi) is 2.28. The predicted octanol–water partition coefficient (Wildman–Crippen LogP) is 1.40. The summed E-state index contributed by atoms with van der Waals surface area (Å²) in [5.41, 5.74) is 5.76. The highest BCUT2D eigenvalue weighted by molar-refractivity contribution is 7.11. The van der Waals surface area contributed by atoms with E-state index in [1.165, 1.54) is 11.3 Å². The maximum absolute atomic E-state index is 5.76. The lowest BCUT2D eigenvalue weighted by molar-refractivity contribution is 0.207. The van der Waals surface area contributed by atoms with E-state index >= 15 is 0 Å². The molecule has 0 aromatic carbocycles. The number of nitrogens with zero attached hydrogens (tertiary/aromatic N) is 1. The fourth-order valence-corrected chi connectivity index (χ4v) is 2.04. The van der Waals surface area contributed by atoms with Crippen LogP contribution >= 0.6 is 11.3 Å². The minimum atomic E-state index is 0.297. The molecule has 3 nitrogen and oxygen atoms in total. The van der Waals surface area contributed by atoms with Gasteiger partial charge >= 0.3 is 0 Å². The molecule has 2 unspecified atom stereocenters. The van der Waals surface area contributed by atoms with Crippen LogP contribution in [0.4, 0.5) is 0 Å². The van der Waals surface area contributed by atoms with Crippen molar-refractivity contribution >= 4 is 11.3 Å². The average molecular weight is 184 g/mol. The van der Waals surface area contributed by atoms with Gasteiger partial charge in [0, 0.05) is 17.6 Å². The summed E-state index contributed by atoms with van der Waals surface area (Å²) in [6, 6.07) is 0.329. The van der Waals surface area contributed by atoms with Crippen LogP contribution in [0.1, 0.15) is 19.3 Å². The molecule has 0 saturated heterocycles. The zero-order chi connectivity index (χ0) is 8.39. The Balaban J connectivity index is 1.88. The monoisotopic (exact) mass is 184 g/mol. The molecule has 1 aliphatic rings. The first-order valence-electron chi connectivity index (χ1n) is 4.16. The molecule has 0 radical (unpaired) electrons. The number of rotatable bonds is 2. The van der Waals surface area contributed by atoms with Gasteiger partial charge in [-0.3, -0.25) is 0 Å². The zero-order valence-electron chi connectivity index (χ0n) is 6.77. The maximum atomic E-state index is 5.76. The third-order valence-electron chi connectivity index (χ3n) is 2.10. The summed E-state index contributed by atoms with van der Waals surface area (Å²) in [5.74, 6) is 0. The van der Waals surface area contributed by atoms with E-state index in [1.54, 1.807) is 6.20 Å². The van der Waals surface area contributed by atoms with Crippen LogP contribution in [0.5, 0.6) is 5.19 Å². The van der Waals surface area contributed by atoms with Crippen molar-refractivity contribution in [1.82, 2.24) is 4.98 Å². The number of ether oxygens (including phenoxy) is 1. The number of thiazole rings is 1. The fourth-order valence-electron chi connectivity index (χ4n) is 1.49. The third kappa shape index (κ3) is 1.76. The van der Waals surface area contributed by atoms with Crippen LogP contribution < -0.4 is 10.5 Å². The van der Waals surface area contributed by atoms with Crippen molar-refractivity contribution in [3.63, 3.8) is 0 Å². The van der Waals surface area contributed by atoms with Gasteiger partial charge in [-0.2, -0.15) is 0 Å². The minimum absolute atomic E-state index is 0.297. The van der Waals surface area contributed by atoms with Gasteiger partial charge in [0.2, 0.25) is 0 Å². The molecule has 2 atom stereocenters. The Labute approximate surface area is 75.6 Å². The van der Waals surface area contributed by atoms with Crippen molar-refractivity contribution < 1.29 is 4.74 Å². The van der Waals surface area contributed by atoms with E-state index in [1.807, 2.05) is 5.38 Å². The van der Waals surface area contributed by atoms with Gasteiger partial charge in [0.05, 0.1) is 0 Å². The van der Waals surface area contributed by atoms with Crippen LogP contribution in [0, 0.1) is 0 Å². The zero-order valence-corrected chi connectivity index (χ0v) is 7.59. The summed E-state index contributed by atoms with van der Waals surface area (Å²) >= 11 is 1.54. The minimum Gasteiger partial charge on any atom is -0.467 e. The summed E-state index contributed by atoms with van der Waals surface area (Å²) in [4.78, 5) is 4.06. The van der Waals surface area contributed by atoms with Crippen LogP contribution in [0.25, 0.3) is 0 Å². The first-order valence-corrected chi connectivity index (χ1v) is 5.04. The van der Waals surface area contributed by atoms with Crippen molar-refractivity contribution in [3.8, 4) is 5.19 Å². The van der Waals surface area contributed by atoms with Gasteiger partial charge in [0.1, 0.15) is 6.10 Å². The summed E-state index contributed by atoms with van der Waals surface area (Å²) < 4.78 is 5.61. The van der Waals surface area contributed by atoms with Gasteiger partial charge in [-0.05, 0) is 19.3 Å². The number of hydrogen-bond donors (Lipinski definition) is 1. The van der Waals surface area contributed by atoms with Crippen molar-refractivity contribution in [3.05, 3.63) is 11.6 Å². The Morgan fingerprint density at radius 2 is 2.50 bits per heavy atom. The van der Waals surface area contributed by atoms with E-state index in [-0.39, 0.29) is 0 Å². The highest BCUT2D eigenvalue weighted by Gasteiger charge is 2.23. The molecule has 1 aromatic heterocycles. The van der Waals surface area contributed by atoms with Crippen molar-refractivity contribution in [2.75, 3.05) is 0 Å². The second kappa shape index (κ2) is 3.41. The van der Waals surface area contributed by atoms with Gasteiger partial charge < -0.3 is 10.5 Å². The molecule has 0 amide bonds. The second-order valence-corrected chi connectivity index (χ2v) is 3.97. The smallest absolute Gasteiger partial charge is 0.273 e. The molecule has 0 bridgehead atoms. The van der Waals surface area contributed by atoms with Gasteiger partial charge in [-0.25, -0.2) is 4.98 Å².